The van der Waals surface area contributed by atoms with Crippen molar-refractivity contribution >= 4 is 56.7 Å². The van der Waals surface area contributed by atoms with Crippen molar-refractivity contribution in [3.63, 3.8) is 0 Å². The van der Waals surface area contributed by atoms with Crippen molar-refractivity contribution < 1.29 is 9.47 Å². The number of hydrogen-bond donors (Lipinski definition) is 1. The van der Waals surface area contributed by atoms with Crippen LogP contribution >= 0.6 is 36.2 Å². The van der Waals surface area contributed by atoms with E-state index >= 15 is 0 Å². The van der Waals surface area contributed by atoms with E-state index in [0.717, 1.165) is 50.6 Å². The van der Waals surface area contributed by atoms with Gasteiger partial charge in [0, 0.05) is 49.4 Å². The number of unbranched alkanes of at least 4 members (excludes halogenated alkanes) is 1. The zero-order chi connectivity index (χ0) is 23.2. The van der Waals surface area contributed by atoms with Crippen LogP contribution in [0, 0.1) is 5.92 Å². The molecule has 0 bridgehead atoms. The summed E-state index contributed by atoms with van der Waals surface area (Å²) in [6.45, 7) is 3.99. The Morgan fingerprint density at radius 1 is 1.14 bits per heavy atom. The summed E-state index contributed by atoms with van der Waals surface area (Å²) in [5.74, 6) is 2.69. The first-order valence-electron chi connectivity index (χ1n) is 11.5. The topological polar surface area (TPSA) is 102 Å². The van der Waals surface area contributed by atoms with Crippen molar-refractivity contribution in [3.8, 4) is 11.5 Å². The maximum absolute atomic E-state index is 13.0. The van der Waals surface area contributed by atoms with E-state index in [1.54, 1.807) is 19.5 Å². The molecule has 6 rings (SSSR count). The van der Waals surface area contributed by atoms with E-state index in [9.17, 15) is 9.59 Å². The van der Waals surface area contributed by atoms with Gasteiger partial charge < -0.3 is 19.4 Å². The van der Waals surface area contributed by atoms with Crippen LogP contribution in [0.5, 0.6) is 11.5 Å². The molecule has 2 aliphatic heterocycles. The molecular weight excluding hydrogens is 525 g/mol. The second-order valence-corrected chi connectivity index (χ2v) is 9.92. The first-order valence-corrected chi connectivity index (χ1v) is 12.3. The van der Waals surface area contributed by atoms with Gasteiger partial charge in [0.25, 0.3) is 5.56 Å². The summed E-state index contributed by atoms with van der Waals surface area (Å²) < 4.78 is 13.4. The highest BCUT2D eigenvalue weighted by molar-refractivity contribution is 7.25. The summed E-state index contributed by atoms with van der Waals surface area (Å²) in [5.41, 5.74) is 1.58. The average Bonchev–Trinajstić information content (AvgIpc) is 3.44. The third-order valence-electron chi connectivity index (χ3n) is 6.94. The highest BCUT2D eigenvalue weighted by Gasteiger charge is 2.40. The molecule has 0 aliphatic carbocycles. The van der Waals surface area contributed by atoms with Gasteiger partial charge in [-0.15, -0.1) is 36.2 Å². The lowest BCUT2D eigenvalue weighted by molar-refractivity contribution is 0.209. The van der Waals surface area contributed by atoms with Gasteiger partial charge in [0.05, 0.1) is 19.2 Å². The van der Waals surface area contributed by atoms with Crippen molar-refractivity contribution in [2.75, 3.05) is 33.4 Å². The number of halogens is 2. The fourth-order valence-corrected chi connectivity index (χ4v) is 6.33. The lowest BCUT2D eigenvalue weighted by Gasteiger charge is -2.29. The van der Waals surface area contributed by atoms with E-state index in [1.165, 1.54) is 21.5 Å². The zero-order valence-electron chi connectivity index (χ0n) is 19.6. The molecule has 12 heteroatoms. The summed E-state index contributed by atoms with van der Waals surface area (Å²) in [6, 6.07) is 5.99. The Hall–Kier alpha value is -2.66. The predicted octanol–water partition coefficient (Wildman–Crippen LogP) is 3.43. The number of fused-ring (bicyclic) bond motifs is 6. The predicted molar refractivity (Wildman–Crippen MR) is 145 cm³/mol. The Balaban J connectivity index is 0.00000152. The third kappa shape index (κ3) is 4.47. The van der Waals surface area contributed by atoms with E-state index in [1.807, 2.05) is 18.2 Å². The third-order valence-corrected chi connectivity index (χ3v) is 8.01. The number of hydrogen-bond acceptors (Lipinski definition) is 8. The van der Waals surface area contributed by atoms with Crippen molar-refractivity contribution in [2.45, 2.75) is 25.3 Å². The molecule has 1 saturated heterocycles. The molecule has 1 aromatic carbocycles. The van der Waals surface area contributed by atoms with Gasteiger partial charge in [-0.05, 0) is 31.5 Å². The van der Waals surface area contributed by atoms with Crippen LogP contribution in [-0.2, 0) is 6.54 Å². The molecule has 0 unspecified atom stereocenters. The van der Waals surface area contributed by atoms with Gasteiger partial charge in [-0.2, -0.15) is 0 Å². The smallest absolute Gasteiger partial charge is 0.328 e. The number of aromatic amines is 1. The number of H-pyrrole nitrogens is 1. The quantitative estimate of drug-likeness (QED) is 0.366. The first kappa shape index (κ1) is 26.4. The second kappa shape index (κ2) is 10.8. The number of ether oxygens (including phenoxy) is 2. The van der Waals surface area contributed by atoms with E-state index < -0.39 is 5.69 Å². The maximum Gasteiger partial charge on any atom is 0.328 e. The van der Waals surface area contributed by atoms with Gasteiger partial charge in [0.2, 0.25) is 0 Å². The van der Waals surface area contributed by atoms with Gasteiger partial charge in [0.1, 0.15) is 26.5 Å². The lowest BCUT2D eigenvalue weighted by atomic mass is 9.86. The van der Waals surface area contributed by atoms with Crippen LogP contribution in [0.2, 0.25) is 0 Å². The SMILES string of the molecule is COc1cccc2c1[C@H]1CN(CCCCn3c(=O)[nH]c4c(sc5nccnc54)c3=O)C[C@@H]1CO2.Cl.Cl. The van der Waals surface area contributed by atoms with Crippen molar-refractivity contribution in [2.24, 2.45) is 5.92 Å². The van der Waals surface area contributed by atoms with Crippen LogP contribution < -0.4 is 20.7 Å². The van der Waals surface area contributed by atoms with Crippen LogP contribution in [0.3, 0.4) is 0 Å². The van der Waals surface area contributed by atoms with Crippen LogP contribution in [0.25, 0.3) is 20.6 Å². The standard InChI is InChI=1S/C24H25N5O4S.2ClH/c1-32-16-5-4-6-17-18(16)15-12-28(11-14(15)13-33-17)9-2-3-10-29-23(30)21-19(27-24(29)31)20-22(34-21)26-8-7-25-20;;/h4-8,14-15H,2-3,9-13H2,1H3,(H,27,31);2*1H/t14-,15+;;/m1../s1. The molecule has 1 N–H and O–H groups in total. The van der Waals surface area contributed by atoms with Gasteiger partial charge in [0.15, 0.2) is 0 Å². The molecule has 9 nitrogen and oxygen atoms in total. The molecule has 0 spiro atoms. The number of rotatable bonds is 6. The van der Waals surface area contributed by atoms with Crippen molar-refractivity contribution in [3.05, 3.63) is 57.0 Å². The number of aromatic nitrogens is 4. The van der Waals surface area contributed by atoms with Gasteiger partial charge in [-0.3, -0.25) is 9.36 Å². The molecule has 5 heterocycles. The number of methoxy groups -OCH3 is 1. The molecule has 2 aliphatic rings. The molecule has 192 valence electrons. The summed E-state index contributed by atoms with van der Waals surface area (Å²) in [5, 5.41) is 0. The van der Waals surface area contributed by atoms with E-state index in [-0.39, 0.29) is 30.4 Å². The minimum absolute atomic E-state index is 0. The largest absolute Gasteiger partial charge is 0.496 e. The van der Waals surface area contributed by atoms with Crippen molar-refractivity contribution in [1.29, 1.82) is 0 Å². The lowest BCUT2D eigenvalue weighted by Crippen LogP contribution is -2.34. The number of likely N-dealkylation sites (tertiary alicyclic amines) is 1. The van der Waals surface area contributed by atoms with Gasteiger partial charge in [-0.25, -0.2) is 14.8 Å². The Labute approximate surface area is 223 Å². The van der Waals surface area contributed by atoms with E-state index in [0.29, 0.717) is 38.9 Å². The number of nitrogens with one attached hydrogen (secondary N) is 1. The van der Waals surface area contributed by atoms with Crippen LogP contribution in [0.15, 0.2) is 40.2 Å². The van der Waals surface area contributed by atoms with Crippen LogP contribution in [0.4, 0.5) is 0 Å². The Morgan fingerprint density at radius 2 is 1.94 bits per heavy atom. The molecule has 0 radical (unpaired) electrons. The molecule has 4 aromatic rings. The Morgan fingerprint density at radius 3 is 2.78 bits per heavy atom. The minimum Gasteiger partial charge on any atom is -0.496 e. The summed E-state index contributed by atoms with van der Waals surface area (Å²) in [6.07, 6.45) is 4.80. The summed E-state index contributed by atoms with van der Waals surface area (Å²) in [4.78, 5) is 40.1. The Bertz CT molecular complexity index is 1490. The summed E-state index contributed by atoms with van der Waals surface area (Å²) in [7, 11) is 1.71. The van der Waals surface area contributed by atoms with Crippen LogP contribution in [0.1, 0.15) is 24.3 Å². The molecule has 0 amide bonds. The fourth-order valence-electron chi connectivity index (χ4n) is 5.32. The average molecular weight is 552 g/mol. The van der Waals surface area contributed by atoms with E-state index in [4.69, 9.17) is 9.47 Å². The number of thiophene rings is 1. The normalized spacial score (nSPS) is 18.7. The molecule has 36 heavy (non-hydrogen) atoms. The maximum atomic E-state index is 13.0. The Kier molecular flexibility index (Phi) is 7.89. The monoisotopic (exact) mass is 551 g/mol. The zero-order valence-corrected chi connectivity index (χ0v) is 22.1. The second-order valence-electron chi connectivity index (χ2n) is 8.92. The fraction of sp³-hybridized carbons (Fsp3) is 0.417. The first-order chi connectivity index (χ1) is 16.6. The van der Waals surface area contributed by atoms with Crippen molar-refractivity contribution in [1.82, 2.24) is 24.4 Å². The highest BCUT2D eigenvalue weighted by Crippen LogP contribution is 2.46. The molecule has 1 fully saturated rings. The van der Waals surface area contributed by atoms with E-state index in [2.05, 4.69) is 19.9 Å². The van der Waals surface area contributed by atoms with Crippen LogP contribution in [-0.4, -0.2) is 57.8 Å². The molecule has 3 aromatic heterocycles. The number of benzene rings is 1. The minimum atomic E-state index is -0.393. The molecular formula is C24H27Cl2N5O4S. The highest BCUT2D eigenvalue weighted by atomic mass is 35.5. The molecule has 0 saturated carbocycles. The van der Waals surface area contributed by atoms with Gasteiger partial charge >= 0.3 is 5.69 Å². The number of nitrogens with zero attached hydrogens (tertiary/aromatic N) is 4. The summed E-state index contributed by atoms with van der Waals surface area (Å²) >= 11 is 1.27. The van der Waals surface area contributed by atoms with Gasteiger partial charge in [-0.1, -0.05) is 6.07 Å². The molecule has 2 atom stereocenters.